The number of carbonyl (C=O) groups is 2. The van der Waals surface area contributed by atoms with Crippen molar-refractivity contribution in [2.75, 3.05) is 36.8 Å². The van der Waals surface area contributed by atoms with Gasteiger partial charge in [0.25, 0.3) is 5.91 Å². The molecule has 1 aliphatic heterocycles. The van der Waals surface area contributed by atoms with Gasteiger partial charge in [-0.2, -0.15) is 0 Å². The molecular weight excluding hydrogens is 570 g/mol. The Morgan fingerprint density at radius 3 is 2.36 bits per heavy atom. The first-order chi connectivity index (χ1) is 16.8. The van der Waals surface area contributed by atoms with Crippen LogP contribution in [0.25, 0.3) is 0 Å². The van der Waals surface area contributed by atoms with Gasteiger partial charge in [0.15, 0.2) is 9.84 Å². The monoisotopic (exact) mass is 599 g/mol. The van der Waals surface area contributed by atoms with Crippen molar-refractivity contribution in [3.05, 3.63) is 57.0 Å². The number of benzene rings is 2. The molecule has 0 radical (unpaired) electrons. The maximum absolute atomic E-state index is 13.0. The minimum absolute atomic E-state index is 0.0182. The summed E-state index contributed by atoms with van der Waals surface area (Å²) in [5, 5.41) is 3.20. The van der Waals surface area contributed by atoms with Crippen LogP contribution in [0.3, 0.4) is 0 Å². The van der Waals surface area contributed by atoms with E-state index in [1.807, 2.05) is 26.8 Å². The van der Waals surface area contributed by atoms with Gasteiger partial charge in [-0.1, -0.05) is 34.5 Å². The van der Waals surface area contributed by atoms with Crippen LogP contribution in [0.4, 0.5) is 10.5 Å². The average molecular weight is 601 g/mol. The Balaban J connectivity index is 1.70. The number of hydrogen-bond acceptors (Lipinski definition) is 6. The van der Waals surface area contributed by atoms with E-state index in [-0.39, 0.29) is 29.2 Å². The topological polar surface area (TPSA) is 96.0 Å². The number of rotatable bonds is 6. The summed E-state index contributed by atoms with van der Waals surface area (Å²) in [5.74, 6) is -0.393. The minimum Gasteiger partial charge on any atom is -0.444 e. The smallest absolute Gasteiger partial charge is 0.410 e. The van der Waals surface area contributed by atoms with Gasteiger partial charge in [-0.15, -0.1) is 0 Å². The molecule has 11 heteroatoms. The van der Waals surface area contributed by atoms with Crippen molar-refractivity contribution in [2.45, 2.75) is 44.7 Å². The first-order valence-corrected chi connectivity index (χ1v) is 14.4. The van der Waals surface area contributed by atoms with Crippen LogP contribution in [0.5, 0.6) is 0 Å². The molecule has 1 aliphatic rings. The number of amides is 2. The predicted molar refractivity (Wildman–Crippen MR) is 145 cm³/mol. The number of carbonyl (C=O) groups excluding carboxylic acids is 2. The Hall–Kier alpha value is -2.30. The highest BCUT2D eigenvalue weighted by molar-refractivity contribution is 9.10. The third-order valence-corrected chi connectivity index (χ3v) is 8.14. The van der Waals surface area contributed by atoms with Gasteiger partial charge >= 0.3 is 6.09 Å². The van der Waals surface area contributed by atoms with E-state index in [0.717, 1.165) is 10.2 Å². The molecule has 0 unspecified atom stereocenters. The molecule has 8 nitrogen and oxygen atoms in total. The van der Waals surface area contributed by atoms with Crippen molar-refractivity contribution in [1.29, 1.82) is 0 Å². The fourth-order valence-corrected chi connectivity index (χ4v) is 5.58. The van der Waals surface area contributed by atoms with E-state index in [0.29, 0.717) is 42.3 Å². The van der Waals surface area contributed by atoms with E-state index in [1.165, 1.54) is 12.1 Å². The van der Waals surface area contributed by atoms with Crippen LogP contribution in [-0.2, 0) is 21.1 Å². The highest BCUT2D eigenvalue weighted by Crippen LogP contribution is 2.26. The maximum Gasteiger partial charge on any atom is 0.410 e. The second-order valence-electron chi connectivity index (χ2n) is 9.49. The van der Waals surface area contributed by atoms with Crippen LogP contribution >= 0.6 is 27.5 Å². The second-order valence-corrected chi connectivity index (χ2v) is 13.1. The summed E-state index contributed by atoms with van der Waals surface area (Å²) in [6.45, 7) is 9.31. The number of piperazine rings is 1. The number of nitrogens with zero attached hydrogens (tertiary/aromatic N) is 2. The van der Waals surface area contributed by atoms with Gasteiger partial charge in [0, 0.05) is 53.5 Å². The third-order valence-electron chi connectivity index (χ3n) is 5.62. The molecule has 2 aromatic rings. The highest BCUT2D eigenvalue weighted by atomic mass is 79.9. The lowest BCUT2D eigenvalue weighted by Gasteiger charge is -2.37. The summed E-state index contributed by atoms with van der Waals surface area (Å²) in [5.41, 5.74) is 1.16. The van der Waals surface area contributed by atoms with E-state index in [4.69, 9.17) is 16.3 Å². The van der Waals surface area contributed by atoms with Gasteiger partial charge in [-0.25, -0.2) is 13.2 Å². The zero-order valence-corrected chi connectivity index (χ0v) is 24.0. The molecule has 1 fully saturated rings. The average Bonchev–Trinajstić information content (AvgIpc) is 2.81. The number of halogens is 2. The van der Waals surface area contributed by atoms with E-state index < -0.39 is 15.4 Å². The van der Waals surface area contributed by atoms with Gasteiger partial charge in [-0.05, 0) is 62.7 Å². The van der Waals surface area contributed by atoms with E-state index >= 15 is 0 Å². The molecule has 0 bridgehead atoms. The van der Waals surface area contributed by atoms with Crippen molar-refractivity contribution in [2.24, 2.45) is 0 Å². The van der Waals surface area contributed by atoms with Gasteiger partial charge in [0.1, 0.15) is 5.60 Å². The number of hydrogen-bond donors (Lipinski definition) is 1. The van der Waals surface area contributed by atoms with Crippen LogP contribution < -0.4 is 10.2 Å². The molecule has 2 amide bonds. The Morgan fingerprint density at radius 2 is 1.75 bits per heavy atom. The first kappa shape index (κ1) is 28.3. The molecule has 0 saturated carbocycles. The van der Waals surface area contributed by atoms with Gasteiger partial charge in [0.05, 0.1) is 10.6 Å². The number of ether oxygens (including phenoxy) is 1. The van der Waals surface area contributed by atoms with Crippen molar-refractivity contribution in [1.82, 2.24) is 10.2 Å². The molecule has 2 aromatic carbocycles. The van der Waals surface area contributed by atoms with Gasteiger partial charge in [-0.3, -0.25) is 4.79 Å². The SMILES string of the molecule is CCS(=O)(=O)c1ccc(Cl)cc1CNC(=O)c1cc(Br)cc(N2CCN(C(=O)OC(C)(C)C)CC2)c1. The zero-order valence-electron chi connectivity index (χ0n) is 20.8. The van der Waals surface area contributed by atoms with Crippen LogP contribution in [-0.4, -0.2) is 62.9 Å². The fraction of sp³-hybridized carbons (Fsp3) is 0.440. The molecule has 0 aliphatic carbocycles. The zero-order chi connectivity index (χ0) is 26.7. The molecule has 1 saturated heterocycles. The summed E-state index contributed by atoms with van der Waals surface area (Å²) in [6, 6.07) is 9.96. The van der Waals surface area contributed by atoms with Crippen LogP contribution in [0, 0.1) is 0 Å². The lowest BCUT2D eigenvalue weighted by atomic mass is 10.1. The Morgan fingerprint density at radius 1 is 1.08 bits per heavy atom. The Labute approximate surface area is 226 Å². The summed E-state index contributed by atoms with van der Waals surface area (Å²) >= 11 is 9.56. The van der Waals surface area contributed by atoms with Crippen LogP contribution in [0.15, 0.2) is 45.8 Å². The minimum atomic E-state index is -3.47. The van der Waals surface area contributed by atoms with Crippen LogP contribution in [0.2, 0.25) is 5.02 Å². The molecule has 196 valence electrons. The Kier molecular flexibility index (Phi) is 8.95. The quantitative estimate of drug-likeness (QED) is 0.508. The van der Waals surface area contributed by atoms with Gasteiger partial charge in [0.2, 0.25) is 0 Å². The Bertz CT molecular complexity index is 1240. The molecular formula is C25H31BrClN3O5S. The molecule has 3 rings (SSSR count). The number of anilines is 1. The van der Waals surface area contributed by atoms with E-state index in [9.17, 15) is 18.0 Å². The second kappa shape index (κ2) is 11.4. The molecule has 1 heterocycles. The summed E-state index contributed by atoms with van der Waals surface area (Å²) in [7, 11) is -3.47. The fourth-order valence-electron chi connectivity index (χ4n) is 3.78. The van der Waals surface area contributed by atoms with E-state index in [1.54, 1.807) is 30.0 Å². The number of sulfone groups is 1. The molecule has 0 spiro atoms. The summed E-state index contributed by atoms with van der Waals surface area (Å²) in [4.78, 5) is 29.3. The largest absolute Gasteiger partial charge is 0.444 e. The highest BCUT2D eigenvalue weighted by Gasteiger charge is 2.26. The normalized spacial score (nSPS) is 14.5. The lowest BCUT2D eigenvalue weighted by Crippen LogP contribution is -2.50. The van der Waals surface area contributed by atoms with Crippen molar-refractivity contribution in [3.8, 4) is 0 Å². The lowest BCUT2D eigenvalue weighted by molar-refractivity contribution is 0.0240. The molecule has 0 atom stereocenters. The summed E-state index contributed by atoms with van der Waals surface area (Å²) in [6.07, 6.45) is -0.332. The molecule has 36 heavy (non-hydrogen) atoms. The van der Waals surface area contributed by atoms with Crippen molar-refractivity contribution >= 4 is 55.1 Å². The standard InChI is InChI=1S/C25H31BrClN3O5S/c1-5-36(33,34)22-7-6-20(27)13-18(22)16-28-23(31)17-12-19(26)15-21(14-17)29-8-10-30(11-9-29)24(32)35-25(2,3)4/h6-7,12-15H,5,8-11,16H2,1-4H3,(H,28,31). The number of nitrogens with one attached hydrogen (secondary N) is 1. The van der Waals surface area contributed by atoms with Crippen molar-refractivity contribution in [3.63, 3.8) is 0 Å². The summed E-state index contributed by atoms with van der Waals surface area (Å²) < 4.78 is 31.1. The van der Waals surface area contributed by atoms with Gasteiger partial charge < -0.3 is 19.9 Å². The first-order valence-electron chi connectivity index (χ1n) is 11.6. The molecule has 0 aromatic heterocycles. The molecule has 1 N–H and O–H groups in total. The van der Waals surface area contributed by atoms with Crippen LogP contribution in [0.1, 0.15) is 43.6 Å². The van der Waals surface area contributed by atoms with E-state index in [2.05, 4.69) is 26.1 Å². The third kappa shape index (κ3) is 7.36. The predicted octanol–water partition coefficient (Wildman–Crippen LogP) is 4.88. The van der Waals surface area contributed by atoms with Crippen molar-refractivity contribution < 1.29 is 22.7 Å². The maximum atomic E-state index is 13.0.